The van der Waals surface area contributed by atoms with Gasteiger partial charge in [-0.2, -0.15) is 0 Å². The molecule has 0 aliphatic carbocycles. The summed E-state index contributed by atoms with van der Waals surface area (Å²) in [6, 6.07) is 18.5. The van der Waals surface area contributed by atoms with E-state index in [-0.39, 0.29) is 42.1 Å². The van der Waals surface area contributed by atoms with Crippen LogP contribution >= 0.6 is 11.3 Å². The van der Waals surface area contributed by atoms with Crippen LogP contribution in [-0.2, 0) is 37.1 Å². The predicted octanol–water partition coefficient (Wildman–Crippen LogP) is 3.37. The Kier molecular flexibility index (Phi) is 12.3. The summed E-state index contributed by atoms with van der Waals surface area (Å²) in [7, 11) is 0. The number of rotatable bonds is 15. The Morgan fingerprint density at radius 1 is 0.925 bits per heavy atom. The molecule has 1 fully saturated rings. The summed E-state index contributed by atoms with van der Waals surface area (Å²) >= 11 is 0.983. The second-order valence-electron chi connectivity index (χ2n) is 12.5. The molecule has 16 nitrogen and oxygen atoms in total. The van der Waals surface area contributed by atoms with Crippen molar-refractivity contribution in [1.82, 2.24) is 25.9 Å². The summed E-state index contributed by atoms with van der Waals surface area (Å²) in [5, 5.41) is 19.5. The van der Waals surface area contributed by atoms with Crippen molar-refractivity contribution in [3.8, 4) is 11.5 Å². The molecule has 2 atom stereocenters. The van der Waals surface area contributed by atoms with E-state index in [9.17, 15) is 24.0 Å². The van der Waals surface area contributed by atoms with Gasteiger partial charge in [0.2, 0.25) is 5.91 Å². The summed E-state index contributed by atoms with van der Waals surface area (Å²) in [6.45, 7) is 4.72. The van der Waals surface area contributed by atoms with Crippen LogP contribution in [0.3, 0.4) is 0 Å². The van der Waals surface area contributed by atoms with Crippen molar-refractivity contribution < 1.29 is 42.9 Å². The van der Waals surface area contributed by atoms with Crippen LogP contribution in [-0.4, -0.2) is 76.3 Å². The molecule has 53 heavy (non-hydrogen) atoms. The molecule has 1 saturated heterocycles. The lowest BCUT2D eigenvalue weighted by Gasteiger charge is -2.36. The van der Waals surface area contributed by atoms with E-state index in [1.807, 2.05) is 60.7 Å². The van der Waals surface area contributed by atoms with Crippen molar-refractivity contribution in [2.45, 2.75) is 51.7 Å². The summed E-state index contributed by atoms with van der Waals surface area (Å²) < 4.78 is 22.3. The average molecular weight is 744 g/mol. The third kappa shape index (κ3) is 11.1. The fraction of sp³-hybridized carbons (Fsp3) is 0.278. The number of amides is 4. The van der Waals surface area contributed by atoms with E-state index in [1.165, 1.54) is 17.6 Å². The van der Waals surface area contributed by atoms with Gasteiger partial charge in [-0.15, -0.1) is 11.3 Å². The molecule has 1 aliphatic heterocycles. The smallest absolute Gasteiger partial charge is 0.413 e. The highest BCUT2D eigenvalue weighted by molar-refractivity contribution is 7.14. The number of nitrogens with one attached hydrogen (secondary N) is 5. The quantitative estimate of drug-likeness (QED) is 0.0675. The lowest BCUT2D eigenvalue weighted by atomic mass is 9.99. The molecular weight excluding hydrogens is 707 g/mol. The summed E-state index contributed by atoms with van der Waals surface area (Å²) in [5.74, 6) is -2.33. The number of esters is 1. The molecule has 4 aromatic rings. The Morgan fingerprint density at radius 2 is 1.57 bits per heavy atom. The maximum absolute atomic E-state index is 12.9. The molecular formula is C36H37N7O9S. The molecule has 0 radical (unpaired) electrons. The van der Waals surface area contributed by atoms with Gasteiger partial charge in [0.1, 0.15) is 55.1 Å². The van der Waals surface area contributed by atoms with Crippen LogP contribution in [0.4, 0.5) is 9.93 Å². The van der Waals surface area contributed by atoms with E-state index in [1.54, 1.807) is 20.8 Å². The number of pyridine rings is 1. The van der Waals surface area contributed by atoms with Gasteiger partial charge in [-0.1, -0.05) is 60.7 Å². The maximum Gasteiger partial charge on any atom is 0.413 e. The molecule has 1 aliphatic rings. The number of hydrogen-bond acceptors (Lipinski definition) is 13. The van der Waals surface area contributed by atoms with Gasteiger partial charge < -0.3 is 34.9 Å². The minimum atomic E-state index is -1.09. The first-order valence-electron chi connectivity index (χ1n) is 16.3. The number of thiazole rings is 1. The Balaban J connectivity index is 1.10. The Hall–Kier alpha value is -6.36. The molecule has 5 rings (SSSR count). The van der Waals surface area contributed by atoms with Crippen molar-refractivity contribution in [3.63, 3.8) is 0 Å². The van der Waals surface area contributed by atoms with Crippen LogP contribution in [0.1, 0.15) is 48.1 Å². The highest BCUT2D eigenvalue weighted by Crippen LogP contribution is 2.29. The summed E-state index contributed by atoms with van der Waals surface area (Å²) in [5.41, 5.74) is 0.489. The molecule has 17 heteroatoms. The topological polar surface area (TPSA) is 220 Å². The number of nitrogens with zero attached hydrogens (tertiary/aromatic N) is 2. The molecule has 0 bridgehead atoms. The zero-order valence-electron chi connectivity index (χ0n) is 29.0. The minimum Gasteiger partial charge on any atom is -0.485 e. The zero-order chi connectivity index (χ0) is 38.0. The van der Waals surface area contributed by atoms with Crippen molar-refractivity contribution in [1.29, 1.82) is 5.41 Å². The lowest BCUT2D eigenvalue weighted by molar-refractivity contribution is -0.148. The molecule has 2 aromatic heterocycles. The van der Waals surface area contributed by atoms with Crippen LogP contribution in [0.25, 0.3) is 0 Å². The van der Waals surface area contributed by atoms with Gasteiger partial charge in [-0.05, 0) is 31.9 Å². The van der Waals surface area contributed by atoms with Gasteiger partial charge in [-0.25, -0.2) is 14.8 Å². The predicted molar refractivity (Wildman–Crippen MR) is 192 cm³/mol. The van der Waals surface area contributed by atoms with Gasteiger partial charge in [0.25, 0.3) is 11.8 Å². The molecule has 0 spiro atoms. The maximum atomic E-state index is 12.9. The lowest BCUT2D eigenvalue weighted by Crippen LogP contribution is -2.71. The fourth-order valence-electron chi connectivity index (χ4n) is 4.63. The molecule has 2 aromatic carbocycles. The van der Waals surface area contributed by atoms with E-state index in [0.29, 0.717) is 5.75 Å². The summed E-state index contributed by atoms with van der Waals surface area (Å²) in [6.07, 6.45) is 0.629. The van der Waals surface area contributed by atoms with Crippen molar-refractivity contribution in [2.24, 2.45) is 0 Å². The first kappa shape index (κ1) is 37.9. The van der Waals surface area contributed by atoms with Crippen LogP contribution in [0.5, 0.6) is 11.5 Å². The van der Waals surface area contributed by atoms with Gasteiger partial charge in [0, 0.05) is 11.4 Å². The van der Waals surface area contributed by atoms with E-state index >= 15 is 0 Å². The highest BCUT2D eigenvalue weighted by atomic mass is 32.1. The first-order valence-corrected chi connectivity index (χ1v) is 17.2. The number of benzene rings is 2. The largest absolute Gasteiger partial charge is 0.485 e. The SMILES string of the molecule is CC(C)(C)OC(=O)Nc1nc(C(=N)C(=O)NC2C(=O)NC2COC(=O)CNC(=O)c2cc(OCc3ccccc3)c(OCc3ccccc3)cn2)cs1. The average Bonchev–Trinajstić information content (AvgIpc) is 3.60. The number of carbonyl (C=O) groups excluding carboxylic acids is 5. The van der Waals surface area contributed by atoms with Crippen LogP contribution in [0, 0.1) is 5.41 Å². The Morgan fingerprint density at radius 3 is 2.19 bits per heavy atom. The fourth-order valence-corrected chi connectivity index (χ4v) is 5.32. The highest BCUT2D eigenvalue weighted by Gasteiger charge is 2.42. The second kappa shape index (κ2) is 17.2. The minimum absolute atomic E-state index is 0.0303. The Bertz CT molecular complexity index is 1970. The first-order chi connectivity index (χ1) is 25.3. The third-order valence-corrected chi connectivity index (χ3v) is 8.01. The van der Waals surface area contributed by atoms with Gasteiger partial charge in [0.05, 0.1) is 12.2 Å². The molecule has 0 saturated carbocycles. The molecule has 4 amide bonds. The van der Waals surface area contributed by atoms with Gasteiger partial charge in [0.15, 0.2) is 16.6 Å². The van der Waals surface area contributed by atoms with Crippen molar-refractivity contribution >= 4 is 52.0 Å². The molecule has 5 N–H and O–H groups in total. The monoisotopic (exact) mass is 743 g/mol. The number of carbonyl (C=O) groups is 5. The standard InChI is InChI=1S/C36H37N7O9S/c1-36(2,3)52-35(48)43-34-41-25(20-53-34)29(37)32(46)42-30-24(40-33(30)47)19-51-28(44)16-39-31(45)23-14-26(49-17-21-10-6-4-7-11-21)27(15-38-23)50-18-22-12-8-5-9-13-22/h4-15,20,24,30,37H,16-19H2,1-3H3,(H,39,45)(H,40,47)(H,42,46)(H,41,43,48). The number of hydrogen-bond donors (Lipinski definition) is 5. The second-order valence-corrected chi connectivity index (χ2v) is 13.4. The summed E-state index contributed by atoms with van der Waals surface area (Å²) in [4.78, 5) is 70.6. The normalized spacial score (nSPS) is 14.8. The van der Waals surface area contributed by atoms with Crippen molar-refractivity contribution in [2.75, 3.05) is 18.5 Å². The van der Waals surface area contributed by atoms with Gasteiger partial charge in [-0.3, -0.25) is 29.9 Å². The number of β-lactam (4-membered cyclic amide) rings is 1. The van der Waals surface area contributed by atoms with E-state index in [0.717, 1.165) is 22.5 Å². The number of aromatic nitrogens is 2. The number of ether oxygens (including phenoxy) is 4. The number of anilines is 1. The third-order valence-electron chi connectivity index (χ3n) is 7.25. The molecule has 276 valence electrons. The van der Waals surface area contributed by atoms with Gasteiger partial charge >= 0.3 is 12.1 Å². The van der Waals surface area contributed by atoms with Crippen molar-refractivity contribution in [3.05, 3.63) is 101 Å². The van der Waals surface area contributed by atoms with Crippen LogP contribution in [0.15, 0.2) is 78.3 Å². The zero-order valence-corrected chi connectivity index (χ0v) is 29.8. The van der Waals surface area contributed by atoms with E-state index < -0.39 is 59.7 Å². The van der Waals surface area contributed by atoms with E-state index in [4.69, 9.17) is 24.4 Å². The van der Waals surface area contributed by atoms with Crippen LogP contribution < -0.4 is 30.7 Å². The molecule has 2 unspecified atom stereocenters. The van der Waals surface area contributed by atoms with E-state index in [2.05, 4.69) is 31.2 Å². The van der Waals surface area contributed by atoms with Crippen LogP contribution in [0.2, 0.25) is 0 Å². The molecule has 3 heterocycles. The Labute approximate surface area is 308 Å².